The van der Waals surface area contributed by atoms with Crippen LogP contribution >= 0.6 is 23.2 Å². The number of nitrogens with one attached hydrogen (secondary N) is 2. The molecule has 0 fully saturated rings. The summed E-state index contributed by atoms with van der Waals surface area (Å²) in [6, 6.07) is 24.0. The van der Waals surface area contributed by atoms with Crippen LogP contribution in [-0.4, -0.2) is 25.3 Å². The SMILES string of the molecule is O=S(=O)(NCc1ccccc1)c1cc(S(=O)(=O)c2ccc(Cl)c(S(=O)(=O)NCc3ccccc3)c2)ccc1Cl. The summed E-state index contributed by atoms with van der Waals surface area (Å²) in [6.07, 6.45) is 0. The van der Waals surface area contributed by atoms with Gasteiger partial charge in [-0.2, -0.15) is 0 Å². The second-order valence-electron chi connectivity index (χ2n) is 8.31. The Labute approximate surface area is 237 Å². The predicted octanol–water partition coefficient (Wildman–Crippen LogP) is 4.78. The molecule has 0 aliphatic rings. The molecule has 0 saturated carbocycles. The van der Waals surface area contributed by atoms with E-state index in [1.54, 1.807) is 60.7 Å². The third-order valence-corrected chi connectivity index (χ3v) is 11.1. The highest BCUT2D eigenvalue weighted by molar-refractivity contribution is 7.92. The van der Waals surface area contributed by atoms with E-state index in [9.17, 15) is 25.3 Å². The van der Waals surface area contributed by atoms with Crippen LogP contribution in [0.15, 0.2) is 117 Å². The van der Waals surface area contributed by atoms with Crippen LogP contribution in [0.4, 0.5) is 0 Å². The molecule has 0 unspecified atom stereocenters. The Morgan fingerprint density at radius 3 is 1.23 bits per heavy atom. The maximum atomic E-state index is 13.5. The van der Waals surface area contributed by atoms with Crippen molar-refractivity contribution in [3.63, 3.8) is 0 Å². The summed E-state index contributed by atoms with van der Waals surface area (Å²) in [5, 5.41) is -0.363. The number of benzene rings is 4. The minimum atomic E-state index is -4.37. The number of rotatable bonds is 10. The van der Waals surface area contributed by atoms with Gasteiger partial charge in [-0.05, 0) is 47.5 Å². The topological polar surface area (TPSA) is 126 Å². The first kappa shape index (κ1) is 29.2. The third-order valence-electron chi connectivity index (χ3n) is 5.62. The molecule has 8 nitrogen and oxygen atoms in total. The van der Waals surface area contributed by atoms with Gasteiger partial charge in [-0.25, -0.2) is 34.7 Å². The maximum absolute atomic E-state index is 13.5. The Morgan fingerprint density at radius 2 is 0.872 bits per heavy atom. The molecule has 4 aromatic rings. The van der Waals surface area contributed by atoms with Gasteiger partial charge >= 0.3 is 0 Å². The summed E-state index contributed by atoms with van der Waals surface area (Å²) in [4.78, 5) is -1.66. The van der Waals surface area contributed by atoms with E-state index >= 15 is 0 Å². The standard InChI is InChI=1S/C26H22Cl2N2O6S3/c27-23-13-11-21(15-25(23)38(33,34)29-17-19-7-3-1-4-8-19)37(31,32)22-12-14-24(28)26(16-22)39(35,36)30-18-20-9-5-2-6-10-20/h1-16,29-30H,17-18H2. The van der Waals surface area contributed by atoms with Gasteiger partial charge < -0.3 is 0 Å². The Hall–Kier alpha value is -2.77. The maximum Gasteiger partial charge on any atom is 0.242 e. The number of halogens is 2. The van der Waals surface area contributed by atoms with Gasteiger partial charge in [0.2, 0.25) is 29.9 Å². The minimum absolute atomic E-state index is 0.0368. The van der Waals surface area contributed by atoms with Crippen molar-refractivity contribution in [2.75, 3.05) is 0 Å². The van der Waals surface area contributed by atoms with Gasteiger partial charge in [0.1, 0.15) is 9.79 Å². The Kier molecular flexibility index (Phi) is 8.82. The fraction of sp³-hybridized carbons (Fsp3) is 0.0769. The molecule has 0 aliphatic carbocycles. The van der Waals surface area contributed by atoms with Gasteiger partial charge in [0.15, 0.2) is 0 Å². The average Bonchev–Trinajstić information content (AvgIpc) is 2.92. The predicted molar refractivity (Wildman–Crippen MR) is 149 cm³/mol. The molecule has 0 spiro atoms. The van der Waals surface area contributed by atoms with Crippen molar-refractivity contribution in [1.29, 1.82) is 0 Å². The zero-order valence-electron chi connectivity index (χ0n) is 20.1. The first-order valence-corrected chi connectivity index (χ1v) is 16.5. The van der Waals surface area contributed by atoms with Gasteiger partial charge in [0.25, 0.3) is 0 Å². The highest BCUT2D eigenvalue weighted by Gasteiger charge is 2.27. The van der Waals surface area contributed by atoms with E-state index in [1.807, 2.05) is 0 Å². The van der Waals surface area contributed by atoms with Crippen molar-refractivity contribution >= 4 is 53.1 Å². The van der Waals surface area contributed by atoms with Crippen molar-refractivity contribution in [2.45, 2.75) is 32.7 Å². The molecular weight excluding hydrogens is 603 g/mol. The molecular formula is C26H22Cl2N2O6S3. The van der Waals surface area contributed by atoms with Gasteiger partial charge in [0.05, 0.1) is 19.8 Å². The zero-order chi connectivity index (χ0) is 28.3. The van der Waals surface area contributed by atoms with Crippen LogP contribution in [0.2, 0.25) is 10.0 Å². The van der Waals surface area contributed by atoms with Gasteiger partial charge in [-0.3, -0.25) is 0 Å². The normalized spacial score (nSPS) is 12.4. The highest BCUT2D eigenvalue weighted by atomic mass is 35.5. The highest BCUT2D eigenvalue weighted by Crippen LogP contribution is 2.31. The van der Waals surface area contributed by atoms with E-state index in [4.69, 9.17) is 23.2 Å². The van der Waals surface area contributed by atoms with Gasteiger partial charge in [-0.1, -0.05) is 83.9 Å². The second kappa shape index (κ2) is 11.8. The van der Waals surface area contributed by atoms with Crippen LogP contribution in [0, 0.1) is 0 Å². The Balaban J connectivity index is 1.65. The van der Waals surface area contributed by atoms with Crippen LogP contribution in [0.5, 0.6) is 0 Å². The molecule has 0 heterocycles. The van der Waals surface area contributed by atoms with Crippen molar-refractivity contribution < 1.29 is 25.3 Å². The zero-order valence-corrected chi connectivity index (χ0v) is 24.0. The van der Waals surface area contributed by atoms with E-state index in [0.29, 0.717) is 11.1 Å². The summed E-state index contributed by atoms with van der Waals surface area (Å²) in [5.41, 5.74) is 1.38. The van der Waals surface area contributed by atoms with E-state index in [0.717, 1.165) is 36.4 Å². The second-order valence-corrected chi connectivity index (χ2v) is 14.5. The molecule has 0 amide bonds. The molecule has 39 heavy (non-hydrogen) atoms. The number of sulfonamides is 2. The molecule has 0 aromatic heterocycles. The molecule has 0 atom stereocenters. The third kappa shape index (κ3) is 6.87. The Bertz CT molecular complexity index is 1690. The summed E-state index contributed by atoms with van der Waals surface area (Å²) in [6.45, 7) is -0.0737. The van der Waals surface area contributed by atoms with Crippen LogP contribution in [-0.2, 0) is 43.0 Å². The lowest BCUT2D eigenvalue weighted by Crippen LogP contribution is -2.24. The smallest absolute Gasteiger partial charge is 0.219 e. The lowest BCUT2D eigenvalue weighted by molar-refractivity contribution is 0.579. The minimum Gasteiger partial charge on any atom is -0.219 e. The van der Waals surface area contributed by atoms with E-state index in [-0.39, 0.29) is 23.1 Å². The molecule has 0 aliphatic heterocycles. The van der Waals surface area contributed by atoms with Gasteiger partial charge in [0, 0.05) is 13.1 Å². The summed E-state index contributed by atoms with van der Waals surface area (Å²) in [5.74, 6) is 0. The van der Waals surface area contributed by atoms with Crippen molar-refractivity contribution in [1.82, 2.24) is 9.44 Å². The molecule has 204 valence electrons. The molecule has 13 heteroatoms. The average molecular weight is 626 g/mol. The molecule has 0 radical (unpaired) electrons. The molecule has 2 N–H and O–H groups in total. The van der Waals surface area contributed by atoms with E-state index in [1.165, 1.54) is 0 Å². The summed E-state index contributed by atoms with van der Waals surface area (Å²) >= 11 is 12.3. The number of hydrogen-bond donors (Lipinski definition) is 2. The first-order chi connectivity index (χ1) is 18.4. The van der Waals surface area contributed by atoms with Crippen molar-refractivity contribution in [3.8, 4) is 0 Å². The lowest BCUT2D eigenvalue weighted by atomic mass is 10.2. The largest absolute Gasteiger partial charge is 0.242 e. The van der Waals surface area contributed by atoms with Gasteiger partial charge in [-0.15, -0.1) is 0 Å². The van der Waals surface area contributed by atoms with Crippen molar-refractivity contribution in [2.24, 2.45) is 0 Å². The van der Waals surface area contributed by atoms with Crippen LogP contribution in [0.3, 0.4) is 0 Å². The summed E-state index contributed by atoms with van der Waals surface area (Å²) in [7, 11) is -12.8. The van der Waals surface area contributed by atoms with Crippen molar-refractivity contribution in [3.05, 3.63) is 118 Å². The number of sulfone groups is 1. The first-order valence-electron chi connectivity index (χ1n) is 11.3. The molecule has 0 saturated heterocycles. The molecule has 4 rings (SSSR count). The fourth-order valence-electron chi connectivity index (χ4n) is 3.55. The van der Waals surface area contributed by atoms with E-state index in [2.05, 4.69) is 9.44 Å². The molecule has 4 aromatic carbocycles. The fourth-order valence-corrected chi connectivity index (χ4v) is 8.10. The monoisotopic (exact) mass is 624 g/mol. The van der Waals surface area contributed by atoms with Crippen LogP contribution < -0.4 is 9.44 Å². The quantitative estimate of drug-likeness (QED) is 0.261. The van der Waals surface area contributed by atoms with E-state index < -0.39 is 49.5 Å². The summed E-state index contributed by atoms with van der Waals surface area (Å²) < 4.78 is 83.6. The Morgan fingerprint density at radius 1 is 0.513 bits per heavy atom. The molecule has 0 bridgehead atoms. The lowest BCUT2D eigenvalue weighted by Gasteiger charge is -2.13. The van der Waals surface area contributed by atoms with Crippen LogP contribution in [0.1, 0.15) is 11.1 Å². The van der Waals surface area contributed by atoms with Crippen LogP contribution in [0.25, 0.3) is 0 Å². The number of hydrogen-bond acceptors (Lipinski definition) is 6.